The van der Waals surface area contributed by atoms with Crippen molar-refractivity contribution in [2.75, 3.05) is 0 Å². The molecule has 1 heterocycles. The summed E-state index contributed by atoms with van der Waals surface area (Å²) in [7, 11) is -1.55. The van der Waals surface area contributed by atoms with Crippen molar-refractivity contribution < 1.29 is 4.79 Å². The molecular weight excluding hydrogens is 312 g/mol. The first-order chi connectivity index (χ1) is 11.2. The van der Waals surface area contributed by atoms with Gasteiger partial charge in [-0.25, -0.2) is 0 Å². The van der Waals surface area contributed by atoms with E-state index in [1.54, 1.807) is 12.3 Å². The number of carbonyl (C=O) groups is 1. The minimum Gasteiger partial charge on any atom is -0.348 e. The molecule has 0 radical (unpaired) electrons. The highest BCUT2D eigenvalue weighted by molar-refractivity contribution is 6.87. The number of aromatic nitrogens is 1. The average molecular weight is 343 g/mol. The summed E-state index contributed by atoms with van der Waals surface area (Å²) in [6, 6.07) is 5.64. The van der Waals surface area contributed by atoms with Crippen LogP contribution in [0.25, 0.3) is 0 Å². The maximum absolute atomic E-state index is 12.3. The highest BCUT2D eigenvalue weighted by Crippen LogP contribution is 2.35. The van der Waals surface area contributed by atoms with E-state index < -0.39 is 8.07 Å². The second-order valence-electron chi connectivity index (χ2n) is 8.39. The normalized spacial score (nSPS) is 21.5. The lowest BCUT2D eigenvalue weighted by atomic mass is 9.86. The first-order valence-electron chi connectivity index (χ1n) is 8.93. The van der Waals surface area contributed by atoms with Crippen LogP contribution < -0.4 is 5.32 Å². The maximum atomic E-state index is 12.3. The second-order valence-corrected chi connectivity index (χ2v) is 13.4. The molecule has 1 N–H and O–H groups in total. The van der Waals surface area contributed by atoms with Gasteiger partial charge in [0.05, 0.1) is 0 Å². The summed E-state index contributed by atoms with van der Waals surface area (Å²) in [5, 5.41) is 3.43. The van der Waals surface area contributed by atoms with Gasteiger partial charge in [0, 0.05) is 18.2 Å². The van der Waals surface area contributed by atoms with Crippen LogP contribution in [-0.4, -0.2) is 25.0 Å². The minimum absolute atomic E-state index is 0.0707. The van der Waals surface area contributed by atoms with Gasteiger partial charge in [-0.15, -0.1) is 11.5 Å². The van der Waals surface area contributed by atoms with Gasteiger partial charge in [0.2, 0.25) is 0 Å². The molecule has 0 aromatic carbocycles. The highest BCUT2D eigenvalue weighted by Gasteiger charge is 2.34. The molecule has 1 fully saturated rings. The topological polar surface area (TPSA) is 42.0 Å². The van der Waals surface area contributed by atoms with Crippen LogP contribution in [0.3, 0.4) is 0 Å². The molecule has 2 unspecified atom stereocenters. The third-order valence-corrected chi connectivity index (χ3v) is 9.89. The van der Waals surface area contributed by atoms with Crippen molar-refractivity contribution in [1.82, 2.24) is 10.3 Å². The van der Waals surface area contributed by atoms with E-state index in [4.69, 9.17) is 0 Å². The Balaban J connectivity index is 1.97. The molecule has 1 saturated carbocycles. The molecule has 1 aliphatic rings. The zero-order chi connectivity index (χ0) is 17.8. The molecule has 0 aliphatic heterocycles. The van der Waals surface area contributed by atoms with Gasteiger partial charge in [-0.3, -0.25) is 9.78 Å². The lowest BCUT2D eigenvalue weighted by Crippen LogP contribution is -2.39. The van der Waals surface area contributed by atoms with Crippen LogP contribution in [0, 0.1) is 17.4 Å². The number of amides is 1. The van der Waals surface area contributed by atoms with Crippen molar-refractivity contribution in [3.8, 4) is 11.5 Å². The first-order valence-corrected chi connectivity index (χ1v) is 11.9. The van der Waals surface area contributed by atoms with Crippen molar-refractivity contribution in [1.29, 1.82) is 0 Å². The van der Waals surface area contributed by atoms with Crippen LogP contribution in [0.4, 0.5) is 0 Å². The van der Waals surface area contributed by atoms with Crippen LogP contribution in [0.1, 0.15) is 56.9 Å². The van der Waals surface area contributed by atoms with Gasteiger partial charge in [-0.2, -0.15) is 0 Å². The molecule has 0 spiro atoms. The van der Waals surface area contributed by atoms with Crippen molar-refractivity contribution in [2.45, 2.75) is 70.6 Å². The van der Waals surface area contributed by atoms with E-state index in [0.717, 1.165) is 25.7 Å². The molecule has 0 bridgehead atoms. The van der Waals surface area contributed by atoms with E-state index in [1.807, 2.05) is 12.1 Å². The Morgan fingerprint density at radius 2 is 2.04 bits per heavy atom. The third kappa shape index (κ3) is 4.94. The fourth-order valence-corrected chi connectivity index (χ4v) is 3.62. The second kappa shape index (κ2) is 7.52. The Morgan fingerprint density at radius 1 is 1.29 bits per heavy atom. The summed E-state index contributed by atoms with van der Waals surface area (Å²) < 4.78 is 0. The van der Waals surface area contributed by atoms with Crippen LogP contribution in [0.5, 0.6) is 0 Å². The summed E-state index contributed by atoms with van der Waals surface area (Å²) in [6.45, 7) is 11.6. The Bertz CT molecular complexity index is 623. The molecule has 4 heteroatoms. The predicted octanol–water partition coefficient (Wildman–Crippen LogP) is 4.42. The number of hydrogen-bond donors (Lipinski definition) is 1. The smallest absolute Gasteiger partial charge is 0.270 e. The molecular formula is C20H30N2OSi. The van der Waals surface area contributed by atoms with E-state index in [2.05, 4.69) is 55.6 Å². The van der Waals surface area contributed by atoms with Gasteiger partial charge in [0.15, 0.2) is 0 Å². The van der Waals surface area contributed by atoms with Crippen molar-refractivity contribution in [3.05, 3.63) is 30.1 Å². The molecule has 3 nitrogen and oxygen atoms in total. The zero-order valence-electron chi connectivity index (χ0n) is 15.6. The fourth-order valence-electron chi connectivity index (χ4n) is 2.68. The van der Waals surface area contributed by atoms with E-state index in [0.29, 0.717) is 16.7 Å². The lowest BCUT2D eigenvalue weighted by Gasteiger charge is -2.32. The molecule has 24 heavy (non-hydrogen) atoms. The molecule has 2 atom stereocenters. The first kappa shape index (κ1) is 18.7. The number of pyridine rings is 1. The third-order valence-electron chi connectivity index (χ3n) is 5.37. The zero-order valence-corrected chi connectivity index (χ0v) is 16.6. The predicted molar refractivity (Wildman–Crippen MR) is 102 cm³/mol. The molecule has 0 saturated heterocycles. The van der Waals surface area contributed by atoms with Gasteiger partial charge < -0.3 is 5.32 Å². The van der Waals surface area contributed by atoms with Crippen molar-refractivity contribution in [3.63, 3.8) is 0 Å². The molecule has 1 amide bonds. The molecule has 1 aromatic heterocycles. The monoisotopic (exact) mass is 342 g/mol. The Labute approximate surface area is 147 Å². The van der Waals surface area contributed by atoms with Gasteiger partial charge in [-0.1, -0.05) is 46.4 Å². The minimum atomic E-state index is -1.55. The fraction of sp³-hybridized carbons (Fsp3) is 0.600. The van der Waals surface area contributed by atoms with Gasteiger partial charge in [0.25, 0.3) is 5.91 Å². The van der Waals surface area contributed by atoms with Gasteiger partial charge in [-0.05, 0) is 36.4 Å². The van der Waals surface area contributed by atoms with Crippen molar-refractivity contribution >= 4 is 14.0 Å². The Kier molecular flexibility index (Phi) is 5.87. The van der Waals surface area contributed by atoms with Crippen LogP contribution >= 0.6 is 0 Å². The Hall–Kier alpha value is -1.60. The Morgan fingerprint density at radius 3 is 2.67 bits per heavy atom. The number of hydrogen-bond acceptors (Lipinski definition) is 2. The number of nitrogens with zero attached hydrogens (tertiary/aromatic N) is 1. The van der Waals surface area contributed by atoms with Crippen LogP contribution in [0.2, 0.25) is 18.1 Å². The summed E-state index contributed by atoms with van der Waals surface area (Å²) >= 11 is 0. The quantitative estimate of drug-likeness (QED) is 0.638. The summed E-state index contributed by atoms with van der Waals surface area (Å²) in [5.74, 6) is 3.89. The average Bonchev–Trinajstić information content (AvgIpc) is 2.53. The molecule has 2 rings (SSSR count). The number of carbonyl (C=O) groups excluding carboxylic acids is 1. The molecule has 130 valence electrons. The van der Waals surface area contributed by atoms with E-state index >= 15 is 0 Å². The number of nitrogens with one attached hydrogen (secondary N) is 1. The van der Waals surface area contributed by atoms with Crippen LogP contribution in [-0.2, 0) is 0 Å². The summed E-state index contributed by atoms with van der Waals surface area (Å²) in [4.78, 5) is 16.4. The largest absolute Gasteiger partial charge is 0.348 e. The summed E-state index contributed by atoms with van der Waals surface area (Å²) in [5.41, 5.74) is 4.13. The SMILES string of the molecule is CC(C)(C)[Si](C)(C)C#CC1CCCC(NC(=O)c2ccccn2)C1. The van der Waals surface area contributed by atoms with Crippen LogP contribution in [0.15, 0.2) is 24.4 Å². The summed E-state index contributed by atoms with van der Waals surface area (Å²) in [6.07, 6.45) is 5.93. The van der Waals surface area contributed by atoms with Crippen molar-refractivity contribution in [2.24, 2.45) is 5.92 Å². The van der Waals surface area contributed by atoms with Gasteiger partial charge in [0.1, 0.15) is 13.8 Å². The van der Waals surface area contributed by atoms with E-state index in [1.165, 1.54) is 0 Å². The molecule has 1 aromatic rings. The van der Waals surface area contributed by atoms with Gasteiger partial charge >= 0.3 is 0 Å². The standard InChI is InChI=1S/C20H30N2OSi/c1-20(2,3)24(4,5)14-12-16-9-8-10-17(15-16)22-19(23)18-11-6-7-13-21-18/h6-7,11,13,16-17H,8-10,15H2,1-5H3,(H,22,23). The number of rotatable bonds is 2. The highest BCUT2D eigenvalue weighted by atomic mass is 28.3. The maximum Gasteiger partial charge on any atom is 0.270 e. The lowest BCUT2D eigenvalue weighted by molar-refractivity contribution is 0.0919. The molecule has 1 aliphatic carbocycles. The van der Waals surface area contributed by atoms with E-state index in [-0.39, 0.29) is 11.9 Å². The van der Waals surface area contributed by atoms with E-state index in [9.17, 15) is 4.79 Å².